The molecule has 1 heterocycles. The normalized spacial score (nSPS) is 7.20. The average molecular weight is 192 g/mol. The molecule has 2 N–H and O–H groups in total. The first-order chi connectivity index (χ1) is 3.80. The van der Waals surface area contributed by atoms with Crippen molar-refractivity contribution in [1.29, 1.82) is 0 Å². The van der Waals surface area contributed by atoms with Crippen LogP contribution in [0.25, 0.3) is 0 Å². The van der Waals surface area contributed by atoms with Gasteiger partial charge in [0.25, 0.3) is 5.82 Å². The third-order valence-electron chi connectivity index (χ3n) is 0.537. The molecular weight excluding hydrogens is 190 g/mol. The first-order valence-electron chi connectivity index (χ1n) is 1.77. The molecule has 6 nitrogen and oxygen atoms in total. The van der Waals surface area contributed by atoms with E-state index in [-0.39, 0.29) is 109 Å². The molecule has 0 fully saturated rings. The van der Waals surface area contributed by atoms with Gasteiger partial charge in [-0.05, 0) is 5.21 Å². The third kappa shape index (κ3) is 4.64. The Labute approximate surface area is 141 Å². The van der Waals surface area contributed by atoms with Crippen molar-refractivity contribution in [2.45, 2.75) is 0 Å². The predicted octanol–water partition coefficient (Wildman–Crippen LogP) is -1.86. The van der Waals surface area contributed by atoms with Crippen molar-refractivity contribution in [3.05, 3.63) is 5.82 Å². The summed E-state index contributed by atoms with van der Waals surface area (Å²) in [5, 5.41) is 19.5. The van der Waals surface area contributed by atoms with Crippen LogP contribution in [-0.4, -0.2) is 134 Å². The van der Waals surface area contributed by atoms with Gasteiger partial charge in [0.05, 0.1) is 0 Å². The number of nitrogens with zero attached hydrogens (tertiary/aromatic N) is 3. The Balaban J connectivity index is 0. The zero-order valence-corrected chi connectivity index (χ0v) is 11.9. The largest absolute Gasteiger partial charge is 0.475 e. The van der Waals surface area contributed by atoms with Gasteiger partial charge >= 0.3 is 5.97 Å². The molecule has 10 heavy (non-hydrogen) atoms. The van der Waals surface area contributed by atoms with Gasteiger partial charge in [0.1, 0.15) is 0 Å². The average Bonchev–Trinajstić information content (AvgIpc) is 2.12. The second-order valence-electron chi connectivity index (χ2n) is 1.04. The number of carboxylic acids is 1. The van der Waals surface area contributed by atoms with Gasteiger partial charge in [-0.25, -0.2) is 4.79 Å². The second kappa shape index (κ2) is 7.46. The zero-order chi connectivity index (χ0) is 5.98. The second-order valence-corrected chi connectivity index (χ2v) is 1.04. The molecule has 1 aromatic rings. The van der Waals surface area contributed by atoms with Crippen LogP contribution in [-0.2, 0) is 0 Å². The Kier molecular flexibility index (Phi) is 10.7. The summed E-state index contributed by atoms with van der Waals surface area (Å²) in [5.74, 6) is -1.50. The minimum Gasteiger partial charge on any atom is -0.475 e. The van der Waals surface area contributed by atoms with E-state index in [0.717, 1.165) is 0 Å². The Morgan fingerprint density at radius 1 is 1.50 bits per heavy atom. The number of aromatic amines is 1. The van der Waals surface area contributed by atoms with Crippen molar-refractivity contribution in [1.82, 2.24) is 20.6 Å². The first kappa shape index (κ1) is 14.3. The molecule has 44 valence electrons. The van der Waals surface area contributed by atoms with Crippen molar-refractivity contribution in [3.8, 4) is 0 Å². The molecule has 8 heteroatoms. The molecule has 0 aliphatic carbocycles. The molecule has 0 unspecified atom stereocenters. The summed E-state index contributed by atoms with van der Waals surface area (Å²) in [5.41, 5.74) is 0. The molecule has 0 spiro atoms. The maximum Gasteiger partial charge on any atom is 0.377 e. The smallest absolute Gasteiger partial charge is 0.377 e. The molecule has 1 rings (SSSR count). The summed E-state index contributed by atoms with van der Waals surface area (Å²) in [6.45, 7) is 0. The first-order valence-corrected chi connectivity index (χ1v) is 1.77. The fourth-order valence-corrected chi connectivity index (χ4v) is 0.252. The fourth-order valence-electron chi connectivity index (χ4n) is 0.252. The molecule has 2 radical (unpaired) electrons. The van der Waals surface area contributed by atoms with Gasteiger partial charge in [-0.2, -0.15) is 5.21 Å². The molecule has 0 saturated heterocycles. The van der Waals surface area contributed by atoms with Crippen LogP contribution in [0.15, 0.2) is 0 Å². The number of aromatic nitrogens is 4. The van der Waals surface area contributed by atoms with Crippen molar-refractivity contribution >= 4 is 109 Å². The number of aromatic carboxylic acids is 1. The van der Waals surface area contributed by atoms with Gasteiger partial charge < -0.3 is 5.11 Å². The number of rotatable bonds is 1. The Morgan fingerprint density at radius 3 is 2.30 bits per heavy atom. The van der Waals surface area contributed by atoms with Crippen LogP contribution in [0, 0.1) is 0 Å². The molecule has 0 aliphatic heterocycles. The molecule has 0 bridgehead atoms. The molecule has 0 saturated carbocycles. The number of hydrogen-bond acceptors (Lipinski definition) is 4. The van der Waals surface area contributed by atoms with Gasteiger partial charge in [-0.3, -0.25) is 0 Å². The van der Waals surface area contributed by atoms with Crippen LogP contribution in [0.5, 0.6) is 0 Å². The van der Waals surface area contributed by atoms with Crippen LogP contribution in [0.3, 0.4) is 0 Å². The summed E-state index contributed by atoms with van der Waals surface area (Å²) >= 11 is 0. The Bertz CT molecular complexity index is 187. The summed E-state index contributed by atoms with van der Waals surface area (Å²) < 4.78 is 0. The topological polar surface area (TPSA) is 91.8 Å². The van der Waals surface area contributed by atoms with E-state index in [0.29, 0.717) is 0 Å². The van der Waals surface area contributed by atoms with Crippen molar-refractivity contribution < 1.29 is 9.90 Å². The summed E-state index contributed by atoms with van der Waals surface area (Å²) in [6.07, 6.45) is 0. The van der Waals surface area contributed by atoms with Crippen molar-refractivity contribution in [2.24, 2.45) is 0 Å². The number of carbonyl (C=O) groups is 1. The molecular formula is C2H2K2N4O2. The summed E-state index contributed by atoms with van der Waals surface area (Å²) in [6, 6.07) is 0. The molecule has 0 amide bonds. The monoisotopic (exact) mass is 192 g/mol. The number of carboxylic acid groups (broad SMARTS) is 1. The van der Waals surface area contributed by atoms with Gasteiger partial charge in [0.2, 0.25) is 0 Å². The van der Waals surface area contributed by atoms with Gasteiger partial charge in [-0.15, -0.1) is 10.2 Å². The van der Waals surface area contributed by atoms with Crippen LogP contribution < -0.4 is 0 Å². The minimum atomic E-state index is -1.18. The van der Waals surface area contributed by atoms with Gasteiger partial charge in [-0.1, -0.05) is 0 Å². The van der Waals surface area contributed by atoms with Gasteiger partial charge in [0.15, 0.2) is 0 Å². The standard InChI is InChI=1S/C2H2N4O2.2K/c7-2(8)1-3-5-6-4-1;;/h(H,7,8)(H,3,4,5,6);;. The van der Waals surface area contributed by atoms with Crippen molar-refractivity contribution in [3.63, 3.8) is 0 Å². The fraction of sp³-hybridized carbons (Fsp3) is 0. The predicted molar refractivity (Wildman–Crippen MR) is 32.6 cm³/mol. The van der Waals surface area contributed by atoms with E-state index < -0.39 is 5.97 Å². The Morgan fingerprint density at radius 2 is 2.10 bits per heavy atom. The summed E-state index contributed by atoms with van der Waals surface area (Å²) in [4.78, 5) is 9.88. The quantitative estimate of drug-likeness (QED) is 0.509. The molecule has 0 aliphatic rings. The number of H-pyrrole nitrogens is 1. The SMILES string of the molecule is O=C(O)c1nn[nH]n1.[K].[K]. The van der Waals surface area contributed by atoms with E-state index in [4.69, 9.17) is 5.11 Å². The third-order valence-corrected chi connectivity index (χ3v) is 0.537. The van der Waals surface area contributed by atoms with Crippen LogP contribution >= 0.6 is 0 Å². The van der Waals surface area contributed by atoms with Crippen LogP contribution in [0.4, 0.5) is 0 Å². The van der Waals surface area contributed by atoms with Crippen LogP contribution in [0.1, 0.15) is 10.6 Å². The van der Waals surface area contributed by atoms with E-state index in [2.05, 4.69) is 15.4 Å². The maximum absolute atomic E-state index is 9.88. The molecule has 0 atom stereocenters. The molecule has 1 aromatic heterocycles. The number of nitrogens with one attached hydrogen (secondary N) is 1. The Hall–Kier alpha value is 1.81. The van der Waals surface area contributed by atoms with E-state index >= 15 is 0 Å². The van der Waals surface area contributed by atoms with E-state index in [1.54, 1.807) is 0 Å². The van der Waals surface area contributed by atoms with E-state index in [1.807, 2.05) is 5.21 Å². The van der Waals surface area contributed by atoms with Gasteiger partial charge in [0, 0.05) is 103 Å². The summed E-state index contributed by atoms with van der Waals surface area (Å²) in [7, 11) is 0. The van der Waals surface area contributed by atoms with E-state index in [1.165, 1.54) is 0 Å². The minimum absolute atomic E-state index is 0. The number of hydrogen-bond donors (Lipinski definition) is 2. The maximum atomic E-state index is 9.88. The van der Waals surface area contributed by atoms with Crippen molar-refractivity contribution in [2.75, 3.05) is 0 Å². The van der Waals surface area contributed by atoms with Crippen LogP contribution in [0.2, 0.25) is 0 Å². The van der Waals surface area contributed by atoms with E-state index in [9.17, 15) is 4.79 Å². The number of tetrazole rings is 1. The molecule has 0 aromatic carbocycles. The zero-order valence-electron chi connectivity index (χ0n) is 5.70.